The number of sulfone groups is 1. The van der Waals surface area contributed by atoms with Crippen molar-refractivity contribution < 1.29 is 17.6 Å². The maximum Gasteiger partial charge on any atom is 0.223 e. The minimum Gasteiger partial charge on any atom is -0.465 e. The quantitative estimate of drug-likeness (QED) is 0.753. The van der Waals surface area contributed by atoms with Gasteiger partial charge in [0, 0.05) is 32.0 Å². The average Bonchev–Trinajstić information content (AvgIpc) is 3.10. The van der Waals surface area contributed by atoms with Crippen LogP contribution in [0.25, 0.3) is 0 Å². The number of furan rings is 1. The first-order valence-electron chi connectivity index (χ1n) is 9.60. The highest BCUT2D eigenvalue weighted by atomic mass is 32.2. The maximum atomic E-state index is 12.6. The summed E-state index contributed by atoms with van der Waals surface area (Å²) in [4.78, 5) is 16.6. The number of aryl methyl sites for hydroxylation is 1. The average molecular weight is 383 g/mol. The predicted octanol–water partition coefficient (Wildman–Crippen LogP) is 2.09. The molecule has 1 aromatic heterocycles. The predicted molar refractivity (Wildman–Crippen MR) is 101 cm³/mol. The molecule has 0 aromatic carbocycles. The highest BCUT2D eigenvalue weighted by Gasteiger charge is 2.47. The molecule has 0 aliphatic carbocycles. The number of amides is 1. The largest absolute Gasteiger partial charge is 0.465 e. The monoisotopic (exact) mass is 382 g/mol. The van der Waals surface area contributed by atoms with Crippen LogP contribution < -0.4 is 0 Å². The van der Waals surface area contributed by atoms with Crippen LogP contribution in [0, 0.1) is 5.92 Å². The molecule has 0 N–H and O–H groups in total. The van der Waals surface area contributed by atoms with Crippen LogP contribution in [0.3, 0.4) is 0 Å². The van der Waals surface area contributed by atoms with Gasteiger partial charge in [-0.2, -0.15) is 0 Å². The van der Waals surface area contributed by atoms with Crippen LogP contribution in [0.4, 0.5) is 0 Å². The van der Waals surface area contributed by atoms with E-state index in [-0.39, 0.29) is 35.4 Å². The number of fused-ring (bicyclic) bond motifs is 1. The van der Waals surface area contributed by atoms with Crippen molar-refractivity contribution >= 4 is 15.7 Å². The SMILES string of the molecule is CCCc1ccc(CN2CCN(C(=O)CC(C)C)[C@@H]3CS(=O)(=O)C[C@@H]32)o1. The summed E-state index contributed by atoms with van der Waals surface area (Å²) in [7, 11) is -3.12. The second-order valence-corrected chi connectivity index (χ2v) is 10.1. The zero-order chi connectivity index (χ0) is 18.9. The van der Waals surface area contributed by atoms with Gasteiger partial charge in [0.05, 0.1) is 24.1 Å². The topological polar surface area (TPSA) is 70.8 Å². The lowest BCUT2D eigenvalue weighted by atomic mass is 10.0. The summed E-state index contributed by atoms with van der Waals surface area (Å²) in [6, 6.07) is 3.62. The molecule has 1 aromatic rings. The number of carbonyl (C=O) groups excluding carboxylic acids is 1. The molecule has 0 unspecified atom stereocenters. The van der Waals surface area contributed by atoms with Gasteiger partial charge in [-0.3, -0.25) is 9.69 Å². The van der Waals surface area contributed by atoms with Gasteiger partial charge in [-0.15, -0.1) is 0 Å². The van der Waals surface area contributed by atoms with E-state index in [1.165, 1.54) is 0 Å². The van der Waals surface area contributed by atoms with E-state index >= 15 is 0 Å². The molecule has 7 heteroatoms. The van der Waals surface area contributed by atoms with Crippen LogP contribution >= 0.6 is 0 Å². The van der Waals surface area contributed by atoms with E-state index in [1.807, 2.05) is 30.9 Å². The van der Waals surface area contributed by atoms with Crippen molar-refractivity contribution in [1.82, 2.24) is 9.80 Å². The van der Waals surface area contributed by atoms with Crippen LogP contribution in [-0.2, 0) is 27.6 Å². The van der Waals surface area contributed by atoms with Crippen LogP contribution in [0.2, 0.25) is 0 Å². The van der Waals surface area contributed by atoms with Crippen molar-refractivity contribution in [3.63, 3.8) is 0 Å². The fraction of sp³-hybridized carbons (Fsp3) is 0.737. The second kappa shape index (κ2) is 7.72. The summed E-state index contributed by atoms with van der Waals surface area (Å²) in [6.07, 6.45) is 2.42. The van der Waals surface area contributed by atoms with E-state index in [1.54, 1.807) is 0 Å². The third-order valence-corrected chi connectivity index (χ3v) is 6.97. The van der Waals surface area contributed by atoms with Crippen molar-refractivity contribution in [3.05, 3.63) is 23.7 Å². The van der Waals surface area contributed by atoms with Gasteiger partial charge in [0.1, 0.15) is 11.5 Å². The van der Waals surface area contributed by atoms with E-state index in [0.29, 0.717) is 26.1 Å². The van der Waals surface area contributed by atoms with Gasteiger partial charge in [0.25, 0.3) is 0 Å². The third kappa shape index (κ3) is 4.31. The van der Waals surface area contributed by atoms with Gasteiger partial charge in [0.2, 0.25) is 5.91 Å². The number of hydrogen-bond donors (Lipinski definition) is 0. The first-order chi connectivity index (χ1) is 12.3. The molecule has 0 saturated carbocycles. The van der Waals surface area contributed by atoms with Crippen molar-refractivity contribution in [2.75, 3.05) is 24.6 Å². The lowest BCUT2D eigenvalue weighted by Gasteiger charge is -2.43. The van der Waals surface area contributed by atoms with Crippen molar-refractivity contribution in [1.29, 1.82) is 0 Å². The minimum atomic E-state index is -3.12. The molecule has 2 aliphatic rings. The molecule has 2 atom stereocenters. The fourth-order valence-electron chi connectivity index (χ4n) is 4.09. The second-order valence-electron chi connectivity index (χ2n) is 7.99. The summed E-state index contributed by atoms with van der Waals surface area (Å²) in [5.41, 5.74) is 0. The molecule has 3 rings (SSSR count). The summed E-state index contributed by atoms with van der Waals surface area (Å²) in [5, 5.41) is 0. The standard InChI is InChI=1S/C19H30N2O4S/c1-4-5-15-6-7-16(25-15)11-20-8-9-21(19(22)10-14(2)3)18-13-26(23,24)12-17(18)20/h6-7,14,17-18H,4-5,8-13H2,1-3H3/t17-,18+/m0/s1. The van der Waals surface area contributed by atoms with Gasteiger partial charge >= 0.3 is 0 Å². The lowest BCUT2D eigenvalue weighted by molar-refractivity contribution is -0.138. The molecule has 2 aliphatic heterocycles. The first-order valence-corrected chi connectivity index (χ1v) is 11.4. The highest BCUT2D eigenvalue weighted by molar-refractivity contribution is 7.91. The Labute approximate surface area is 156 Å². The lowest BCUT2D eigenvalue weighted by Crippen LogP contribution is -2.60. The third-order valence-electron chi connectivity index (χ3n) is 5.27. The van der Waals surface area contributed by atoms with Crippen LogP contribution in [0.1, 0.15) is 45.1 Å². The summed E-state index contributed by atoms with van der Waals surface area (Å²) < 4.78 is 30.5. The van der Waals surface area contributed by atoms with Gasteiger partial charge in [0.15, 0.2) is 9.84 Å². The van der Waals surface area contributed by atoms with Crippen LogP contribution in [-0.4, -0.2) is 60.8 Å². The molecule has 3 heterocycles. The number of piperazine rings is 1. The molecule has 0 spiro atoms. The van der Waals surface area contributed by atoms with E-state index in [9.17, 15) is 13.2 Å². The molecule has 26 heavy (non-hydrogen) atoms. The van der Waals surface area contributed by atoms with E-state index < -0.39 is 9.84 Å². The van der Waals surface area contributed by atoms with Crippen LogP contribution in [0.5, 0.6) is 0 Å². The van der Waals surface area contributed by atoms with Gasteiger partial charge in [-0.05, 0) is 24.5 Å². The highest BCUT2D eigenvalue weighted by Crippen LogP contribution is 2.29. The Hall–Kier alpha value is -1.34. The molecule has 6 nitrogen and oxygen atoms in total. The number of nitrogens with zero attached hydrogens (tertiary/aromatic N) is 2. The molecule has 0 bridgehead atoms. The molecular weight excluding hydrogens is 352 g/mol. The molecule has 2 saturated heterocycles. The molecule has 146 valence electrons. The van der Waals surface area contributed by atoms with E-state index in [0.717, 1.165) is 24.4 Å². The first kappa shape index (κ1) is 19.4. The number of hydrogen-bond acceptors (Lipinski definition) is 5. The fourth-order valence-corrected chi connectivity index (χ4v) is 6.10. The Morgan fingerprint density at radius 2 is 1.88 bits per heavy atom. The zero-order valence-electron chi connectivity index (χ0n) is 16.0. The van der Waals surface area contributed by atoms with E-state index in [2.05, 4.69) is 11.8 Å². The number of carbonyl (C=O) groups is 1. The van der Waals surface area contributed by atoms with Gasteiger partial charge in [-0.1, -0.05) is 20.8 Å². The minimum absolute atomic E-state index is 0.0787. The van der Waals surface area contributed by atoms with Gasteiger partial charge in [-0.25, -0.2) is 8.42 Å². The number of rotatable bonds is 6. The van der Waals surface area contributed by atoms with Crippen molar-refractivity contribution in [3.8, 4) is 0 Å². The Morgan fingerprint density at radius 3 is 2.58 bits per heavy atom. The molecular formula is C19H30N2O4S. The summed E-state index contributed by atoms with van der Waals surface area (Å²) in [6.45, 7) is 8.02. The molecule has 1 amide bonds. The van der Waals surface area contributed by atoms with E-state index in [4.69, 9.17) is 4.42 Å². The zero-order valence-corrected chi connectivity index (χ0v) is 16.8. The molecule has 0 radical (unpaired) electrons. The van der Waals surface area contributed by atoms with Crippen molar-refractivity contribution in [2.24, 2.45) is 5.92 Å². The Morgan fingerprint density at radius 1 is 1.19 bits per heavy atom. The molecule has 2 fully saturated rings. The summed E-state index contributed by atoms with van der Waals surface area (Å²) in [5.74, 6) is 2.41. The Balaban J connectivity index is 1.74. The van der Waals surface area contributed by atoms with Gasteiger partial charge < -0.3 is 9.32 Å². The maximum absolute atomic E-state index is 12.6. The Bertz CT molecular complexity index is 740. The smallest absolute Gasteiger partial charge is 0.223 e. The summed E-state index contributed by atoms with van der Waals surface area (Å²) >= 11 is 0. The normalized spacial score (nSPS) is 25.6. The Kier molecular flexibility index (Phi) is 5.77. The van der Waals surface area contributed by atoms with Crippen LogP contribution in [0.15, 0.2) is 16.5 Å². The van der Waals surface area contributed by atoms with Crippen molar-refractivity contribution in [2.45, 2.75) is 58.7 Å².